The van der Waals surface area contributed by atoms with Crippen molar-refractivity contribution in [1.29, 1.82) is 0 Å². The van der Waals surface area contributed by atoms with Crippen LogP contribution >= 0.6 is 0 Å². The van der Waals surface area contributed by atoms with Gasteiger partial charge in [0.15, 0.2) is 23.1 Å². The largest absolute Gasteiger partial charge is 0.308 e. The second kappa shape index (κ2) is 6.31. The van der Waals surface area contributed by atoms with Crippen molar-refractivity contribution in [3.63, 3.8) is 0 Å². The van der Waals surface area contributed by atoms with Gasteiger partial charge in [-0.1, -0.05) is 12.1 Å². The molecule has 1 amide bonds. The van der Waals surface area contributed by atoms with Crippen LogP contribution in [-0.4, -0.2) is 35.9 Å². The molecule has 4 heterocycles. The molecule has 1 N–H and O–H groups in total. The number of hydrogen-bond donors (Lipinski definition) is 1. The first-order valence-corrected chi connectivity index (χ1v) is 9.91. The maximum absolute atomic E-state index is 14.4. The van der Waals surface area contributed by atoms with Crippen LogP contribution in [0.1, 0.15) is 29.8 Å². The van der Waals surface area contributed by atoms with Gasteiger partial charge in [0, 0.05) is 5.56 Å². The highest BCUT2D eigenvalue weighted by molar-refractivity contribution is 6.06. The lowest BCUT2D eigenvalue weighted by Crippen LogP contribution is -2.19. The van der Waals surface area contributed by atoms with E-state index < -0.39 is 22.9 Å². The Morgan fingerprint density at radius 2 is 1.94 bits per heavy atom. The Hall–Kier alpha value is -3.89. The summed E-state index contributed by atoms with van der Waals surface area (Å²) in [6.45, 7) is 1.35. The van der Waals surface area contributed by atoms with E-state index >= 15 is 0 Å². The molecule has 1 aliphatic heterocycles. The Morgan fingerprint density at radius 1 is 1.12 bits per heavy atom. The Morgan fingerprint density at radius 3 is 2.72 bits per heavy atom. The molecule has 4 aromatic rings. The van der Waals surface area contributed by atoms with E-state index in [1.54, 1.807) is 0 Å². The Bertz CT molecular complexity index is 1460. The van der Waals surface area contributed by atoms with Crippen LogP contribution in [0.15, 0.2) is 24.3 Å². The number of nitrogens with zero attached hydrogens (tertiary/aromatic N) is 6. The van der Waals surface area contributed by atoms with Crippen LogP contribution in [0.5, 0.6) is 0 Å². The van der Waals surface area contributed by atoms with Gasteiger partial charge in [-0.3, -0.25) is 4.79 Å². The molecule has 0 saturated heterocycles. The minimum atomic E-state index is -0.996. The first-order chi connectivity index (χ1) is 15.4. The summed E-state index contributed by atoms with van der Waals surface area (Å²) in [5.74, 6) is -2.33. The number of hydrogen-bond acceptors (Lipinski definition) is 6. The van der Waals surface area contributed by atoms with Gasteiger partial charge in [-0.2, -0.15) is 5.10 Å². The van der Waals surface area contributed by atoms with Crippen molar-refractivity contribution in [2.24, 2.45) is 0 Å². The molecule has 1 aromatic carbocycles. The highest BCUT2D eigenvalue weighted by Crippen LogP contribution is 2.53. The SMILES string of the molecule is Cc1nc2c(cc1F)c(-c1nnc3c(n1)NC(=O)C31CC1)nn2Cc1cccc(F)c1F. The normalized spacial score (nSPS) is 15.9. The second-order valence-corrected chi connectivity index (χ2v) is 8.01. The summed E-state index contributed by atoms with van der Waals surface area (Å²) in [5, 5.41) is 15.8. The summed E-state index contributed by atoms with van der Waals surface area (Å²) in [6.07, 6.45) is 1.37. The maximum atomic E-state index is 14.4. The number of pyridine rings is 1. The standard InChI is InChI=1S/C21H14F3N7O/c1-9-13(23)7-11-15(17-26-18-16(28-29-17)21(5-6-21)20(32)27-18)30-31(19(11)25-9)8-10-3-2-4-12(22)14(10)24/h2-4,7H,5-6,8H2,1H3,(H,26,27,29,32). The highest BCUT2D eigenvalue weighted by Gasteiger charge is 2.58. The Balaban J connectivity index is 1.51. The molecular weight excluding hydrogens is 423 g/mol. The van der Waals surface area contributed by atoms with Crippen LogP contribution in [0, 0.1) is 24.4 Å². The molecule has 1 fully saturated rings. The van der Waals surface area contributed by atoms with Gasteiger partial charge in [0.2, 0.25) is 11.7 Å². The van der Waals surface area contributed by atoms with Crippen LogP contribution in [0.25, 0.3) is 22.6 Å². The number of carbonyl (C=O) groups excluding carboxylic acids is 1. The molecule has 3 aromatic heterocycles. The molecule has 1 spiro atoms. The summed E-state index contributed by atoms with van der Waals surface area (Å²) >= 11 is 0. The molecule has 0 atom stereocenters. The molecule has 0 unspecified atom stereocenters. The van der Waals surface area contributed by atoms with E-state index in [1.165, 1.54) is 29.8 Å². The fraction of sp³-hybridized carbons (Fsp3) is 0.238. The summed E-state index contributed by atoms with van der Waals surface area (Å²) in [7, 11) is 0. The third-order valence-electron chi connectivity index (χ3n) is 5.97. The zero-order valence-electron chi connectivity index (χ0n) is 16.7. The highest BCUT2D eigenvalue weighted by atomic mass is 19.2. The smallest absolute Gasteiger partial charge is 0.238 e. The number of anilines is 1. The van der Waals surface area contributed by atoms with Gasteiger partial charge in [-0.25, -0.2) is 27.8 Å². The summed E-state index contributed by atoms with van der Waals surface area (Å²) in [5.41, 5.74) is 0.465. The first-order valence-electron chi connectivity index (χ1n) is 9.91. The lowest BCUT2D eigenvalue weighted by Gasteiger charge is -2.06. The molecule has 1 aliphatic carbocycles. The zero-order chi connectivity index (χ0) is 22.2. The Labute approximate surface area is 178 Å². The summed E-state index contributed by atoms with van der Waals surface area (Å²) < 4.78 is 43.6. The van der Waals surface area contributed by atoms with Crippen molar-refractivity contribution in [2.45, 2.75) is 31.7 Å². The average molecular weight is 437 g/mol. The van der Waals surface area contributed by atoms with Crippen molar-refractivity contribution in [3.05, 3.63) is 58.7 Å². The number of rotatable bonds is 3. The topological polar surface area (TPSA) is 98.5 Å². The molecule has 0 radical (unpaired) electrons. The summed E-state index contributed by atoms with van der Waals surface area (Å²) in [4.78, 5) is 20.9. The number of aryl methyl sites for hydroxylation is 1. The van der Waals surface area contributed by atoms with Crippen LogP contribution in [-0.2, 0) is 16.8 Å². The van der Waals surface area contributed by atoms with E-state index in [0.29, 0.717) is 24.4 Å². The average Bonchev–Trinajstić information content (AvgIpc) is 3.44. The van der Waals surface area contributed by atoms with E-state index in [2.05, 4.69) is 30.6 Å². The molecule has 8 nitrogen and oxygen atoms in total. The number of aromatic nitrogens is 6. The molecule has 0 bridgehead atoms. The molecule has 6 rings (SSSR count). The van der Waals surface area contributed by atoms with Crippen LogP contribution in [0.2, 0.25) is 0 Å². The zero-order valence-corrected chi connectivity index (χ0v) is 16.7. The fourth-order valence-corrected chi connectivity index (χ4v) is 4.03. The number of nitrogens with one attached hydrogen (secondary N) is 1. The van der Waals surface area contributed by atoms with E-state index in [-0.39, 0.29) is 46.3 Å². The van der Waals surface area contributed by atoms with Gasteiger partial charge < -0.3 is 5.32 Å². The van der Waals surface area contributed by atoms with Gasteiger partial charge in [0.05, 0.1) is 23.0 Å². The van der Waals surface area contributed by atoms with E-state index in [0.717, 1.165) is 6.07 Å². The van der Waals surface area contributed by atoms with Crippen LogP contribution in [0.3, 0.4) is 0 Å². The van der Waals surface area contributed by atoms with E-state index in [1.807, 2.05) is 0 Å². The molecular formula is C21H14F3N7O. The van der Waals surface area contributed by atoms with Crippen molar-refractivity contribution in [2.75, 3.05) is 5.32 Å². The van der Waals surface area contributed by atoms with Gasteiger partial charge in [0.1, 0.15) is 17.2 Å². The Kier molecular flexibility index (Phi) is 3.72. The number of carbonyl (C=O) groups is 1. The second-order valence-electron chi connectivity index (χ2n) is 8.01. The van der Waals surface area contributed by atoms with E-state index in [4.69, 9.17) is 0 Å². The fourth-order valence-electron chi connectivity index (χ4n) is 4.03. The molecule has 11 heteroatoms. The van der Waals surface area contributed by atoms with Crippen LogP contribution < -0.4 is 5.32 Å². The van der Waals surface area contributed by atoms with E-state index in [9.17, 15) is 18.0 Å². The maximum Gasteiger partial charge on any atom is 0.238 e. The molecule has 1 saturated carbocycles. The van der Waals surface area contributed by atoms with Crippen molar-refractivity contribution in [1.82, 2.24) is 29.9 Å². The first kappa shape index (κ1) is 18.8. The van der Waals surface area contributed by atoms with Gasteiger partial charge in [-0.05, 0) is 31.9 Å². The molecule has 2 aliphatic rings. The van der Waals surface area contributed by atoms with Gasteiger partial charge in [0.25, 0.3) is 0 Å². The molecule has 32 heavy (non-hydrogen) atoms. The number of amides is 1. The number of fused-ring (bicyclic) bond motifs is 3. The predicted octanol–water partition coefficient (Wildman–Crippen LogP) is 3.04. The monoisotopic (exact) mass is 437 g/mol. The third-order valence-corrected chi connectivity index (χ3v) is 5.97. The number of halogens is 3. The van der Waals surface area contributed by atoms with Crippen LogP contribution in [0.4, 0.5) is 19.0 Å². The minimum absolute atomic E-state index is 0.0562. The van der Waals surface area contributed by atoms with Crippen molar-refractivity contribution in [3.8, 4) is 11.5 Å². The lowest BCUT2D eigenvalue weighted by molar-refractivity contribution is -0.117. The number of benzene rings is 1. The van der Waals surface area contributed by atoms with Crippen molar-refractivity contribution >= 4 is 22.8 Å². The molecule has 160 valence electrons. The minimum Gasteiger partial charge on any atom is -0.308 e. The van der Waals surface area contributed by atoms with Crippen molar-refractivity contribution < 1.29 is 18.0 Å². The lowest BCUT2D eigenvalue weighted by atomic mass is 10.1. The van der Waals surface area contributed by atoms with Gasteiger partial charge in [-0.15, -0.1) is 10.2 Å². The van der Waals surface area contributed by atoms with Gasteiger partial charge >= 0.3 is 0 Å². The predicted molar refractivity (Wildman–Crippen MR) is 106 cm³/mol. The third kappa shape index (κ3) is 2.57. The summed E-state index contributed by atoms with van der Waals surface area (Å²) in [6, 6.07) is 5.09. The quantitative estimate of drug-likeness (QED) is 0.529.